The minimum atomic E-state index is -3.22. The summed E-state index contributed by atoms with van der Waals surface area (Å²) < 4.78 is 32.0. The highest BCUT2D eigenvalue weighted by Gasteiger charge is 2.26. The zero-order valence-electron chi connectivity index (χ0n) is 11.5. The molecule has 0 aromatic heterocycles. The van der Waals surface area contributed by atoms with Gasteiger partial charge in [0.25, 0.3) is 0 Å². The van der Waals surface area contributed by atoms with Crippen LogP contribution in [0, 0.1) is 0 Å². The molecular weight excluding hydrogens is 300 g/mol. The van der Waals surface area contributed by atoms with E-state index in [2.05, 4.69) is 10.0 Å². The topological polar surface area (TPSA) is 67.4 Å². The lowest BCUT2D eigenvalue weighted by Gasteiger charge is -2.22. The molecule has 5 nitrogen and oxygen atoms in total. The second-order valence-corrected chi connectivity index (χ2v) is 6.71. The molecule has 0 spiro atoms. The van der Waals surface area contributed by atoms with Crippen LogP contribution < -0.4 is 14.8 Å². The first kappa shape index (κ1) is 17.2. The smallest absolute Gasteiger partial charge is 0.214 e. The standard InChI is InChI=1S/C13H20N2O3S.ClH/c1-18-12-4-2-11(3-5-12)10-15-19(16,17)13-6-8-14-9-7-13;/h2-5,13-15H,6-10H2,1H3;1H. The van der Waals surface area contributed by atoms with Gasteiger partial charge in [-0.15, -0.1) is 12.4 Å². The van der Waals surface area contributed by atoms with Gasteiger partial charge >= 0.3 is 0 Å². The zero-order valence-corrected chi connectivity index (χ0v) is 13.1. The molecule has 1 heterocycles. The summed E-state index contributed by atoms with van der Waals surface area (Å²) in [7, 11) is -1.61. The maximum Gasteiger partial charge on any atom is 0.214 e. The molecule has 2 N–H and O–H groups in total. The molecule has 20 heavy (non-hydrogen) atoms. The highest BCUT2D eigenvalue weighted by atomic mass is 35.5. The lowest BCUT2D eigenvalue weighted by Crippen LogP contribution is -2.41. The Kier molecular flexibility index (Phi) is 6.75. The summed E-state index contributed by atoms with van der Waals surface area (Å²) >= 11 is 0. The SMILES string of the molecule is COc1ccc(CNS(=O)(=O)C2CCNCC2)cc1.Cl. The average molecular weight is 321 g/mol. The molecule has 0 saturated carbocycles. The van der Waals surface area contributed by atoms with Crippen LogP contribution in [0.4, 0.5) is 0 Å². The van der Waals surface area contributed by atoms with Crippen LogP contribution in [0.2, 0.25) is 0 Å². The average Bonchev–Trinajstić information content (AvgIpc) is 2.47. The minimum absolute atomic E-state index is 0. The van der Waals surface area contributed by atoms with Gasteiger partial charge in [-0.3, -0.25) is 0 Å². The first-order valence-electron chi connectivity index (χ1n) is 6.44. The summed E-state index contributed by atoms with van der Waals surface area (Å²) in [6.07, 6.45) is 1.36. The highest BCUT2D eigenvalue weighted by Crippen LogP contribution is 2.14. The predicted octanol–water partition coefficient (Wildman–Crippen LogP) is 1.29. The molecule has 1 aromatic carbocycles. The van der Waals surface area contributed by atoms with Crippen molar-refractivity contribution in [2.24, 2.45) is 0 Å². The van der Waals surface area contributed by atoms with Crippen molar-refractivity contribution in [3.05, 3.63) is 29.8 Å². The van der Waals surface area contributed by atoms with Crippen molar-refractivity contribution in [2.45, 2.75) is 24.6 Å². The van der Waals surface area contributed by atoms with Crippen molar-refractivity contribution in [1.29, 1.82) is 0 Å². The number of piperidine rings is 1. The van der Waals surface area contributed by atoms with Crippen molar-refractivity contribution in [1.82, 2.24) is 10.0 Å². The largest absolute Gasteiger partial charge is 0.497 e. The quantitative estimate of drug-likeness (QED) is 0.858. The second-order valence-electron chi connectivity index (χ2n) is 4.66. The van der Waals surface area contributed by atoms with Crippen molar-refractivity contribution < 1.29 is 13.2 Å². The minimum Gasteiger partial charge on any atom is -0.497 e. The third kappa shape index (κ3) is 4.63. The van der Waals surface area contributed by atoms with Crippen molar-refractivity contribution in [3.63, 3.8) is 0 Å². The number of hydrogen-bond acceptors (Lipinski definition) is 4. The first-order valence-corrected chi connectivity index (χ1v) is 7.98. The fourth-order valence-corrected chi connectivity index (χ4v) is 3.61. The van der Waals surface area contributed by atoms with E-state index in [1.165, 1.54) is 0 Å². The molecule has 0 aliphatic carbocycles. The number of halogens is 1. The van der Waals surface area contributed by atoms with E-state index >= 15 is 0 Å². The number of ether oxygens (including phenoxy) is 1. The Morgan fingerprint density at radius 3 is 2.40 bits per heavy atom. The molecule has 0 radical (unpaired) electrons. The van der Waals surface area contributed by atoms with Crippen LogP contribution in [-0.4, -0.2) is 33.9 Å². The Balaban J connectivity index is 0.00000200. The van der Waals surface area contributed by atoms with Crippen molar-refractivity contribution in [2.75, 3.05) is 20.2 Å². The van der Waals surface area contributed by atoms with E-state index < -0.39 is 10.0 Å². The van der Waals surface area contributed by atoms with E-state index in [0.717, 1.165) is 24.4 Å². The summed E-state index contributed by atoms with van der Waals surface area (Å²) in [4.78, 5) is 0. The van der Waals surface area contributed by atoms with E-state index in [4.69, 9.17) is 4.74 Å². The molecule has 7 heteroatoms. The first-order chi connectivity index (χ1) is 9.12. The molecule has 1 aliphatic rings. The molecule has 0 bridgehead atoms. The van der Waals surface area contributed by atoms with E-state index in [0.29, 0.717) is 19.4 Å². The normalized spacial score (nSPS) is 16.4. The Morgan fingerprint density at radius 2 is 1.85 bits per heavy atom. The molecule has 1 fully saturated rings. The molecule has 1 saturated heterocycles. The van der Waals surface area contributed by atoms with Crippen LogP contribution in [0.15, 0.2) is 24.3 Å². The molecule has 1 aliphatic heterocycles. The van der Waals surface area contributed by atoms with Crippen LogP contribution in [-0.2, 0) is 16.6 Å². The van der Waals surface area contributed by atoms with E-state index in [9.17, 15) is 8.42 Å². The van der Waals surface area contributed by atoms with Gasteiger partial charge in [0, 0.05) is 6.54 Å². The molecule has 1 aromatic rings. The predicted molar refractivity (Wildman–Crippen MR) is 81.9 cm³/mol. The monoisotopic (exact) mass is 320 g/mol. The van der Waals surface area contributed by atoms with Crippen LogP contribution in [0.25, 0.3) is 0 Å². The number of benzene rings is 1. The Hall–Kier alpha value is -0.820. The number of nitrogens with one attached hydrogen (secondary N) is 2. The summed E-state index contributed by atoms with van der Waals surface area (Å²) in [5.74, 6) is 0.768. The lowest BCUT2D eigenvalue weighted by molar-refractivity contribution is 0.414. The molecule has 0 amide bonds. The Bertz CT molecular complexity index is 499. The molecule has 2 rings (SSSR count). The van der Waals surface area contributed by atoms with E-state index in [-0.39, 0.29) is 17.7 Å². The fourth-order valence-electron chi connectivity index (χ4n) is 2.15. The van der Waals surface area contributed by atoms with Crippen LogP contribution in [0.1, 0.15) is 18.4 Å². The van der Waals surface area contributed by atoms with Gasteiger partial charge in [0.1, 0.15) is 5.75 Å². The number of rotatable bonds is 5. The maximum atomic E-state index is 12.1. The number of sulfonamides is 1. The molecule has 0 unspecified atom stereocenters. The summed E-state index contributed by atoms with van der Waals surface area (Å²) in [5, 5.41) is 2.90. The molecular formula is C13H21ClN2O3S. The zero-order chi connectivity index (χ0) is 13.7. The van der Waals surface area contributed by atoms with E-state index in [1.807, 2.05) is 24.3 Å². The highest BCUT2D eigenvalue weighted by molar-refractivity contribution is 7.90. The van der Waals surface area contributed by atoms with Gasteiger partial charge in [0.05, 0.1) is 12.4 Å². The van der Waals surface area contributed by atoms with E-state index in [1.54, 1.807) is 7.11 Å². The Labute approximate surface area is 126 Å². The maximum absolute atomic E-state index is 12.1. The van der Waals surface area contributed by atoms with Gasteiger partial charge in [-0.25, -0.2) is 13.1 Å². The van der Waals surface area contributed by atoms with Gasteiger partial charge in [-0.05, 0) is 43.6 Å². The Morgan fingerprint density at radius 1 is 1.25 bits per heavy atom. The lowest BCUT2D eigenvalue weighted by atomic mass is 10.2. The third-order valence-electron chi connectivity index (χ3n) is 3.36. The number of hydrogen-bond donors (Lipinski definition) is 2. The molecule has 0 atom stereocenters. The van der Waals surface area contributed by atoms with Crippen LogP contribution >= 0.6 is 12.4 Å². The summed E-state index contributed by atoms with van der Waals surface area (Å²) in [6, 6.07) is 7.38. The van der Waals surface area contributed by atoms with Crippen LogP contribution in [0.3, 0.4) is 0 Å². The summed E-state index contributed by atoms with van der Waals surface area (Å²) in [5.41, 5.74) is 0.929. The van der Waals surface area contributed by atoms with Gasteiger partial charge < -0.3 is 10.1 Å². The van der Waals surface area contributed by atoms with Crippen LogP contribution in [0.5, 0.6) is 5.75 Å². The van der Waals surface area contributed by atoms with Crippen molar-refractivity contribution >= 4 is 22.4 Å². The fraction of sp³-hybridized carbons (Fsp3) is 0.538. The third-order valence-corrected chi connectivity index (χ3v) is 5.26. The van der Waals surface area contributed by atoms with Gasteiger partial charge in [-0.2, -0.15) is 0 Å². The molecule has 114 valence electrons. The number of methoxy groups -OCH3 is 1. The van der Waals surface area contributed by atoms with Gasteiger partial charge in [0.2, 0.25) is 10.0 Å². The van der Waals surface area contributed by atoms with Gasteiger partial charge in [0.15, 0.2) is 0 Å². The van der Waals surface area contributed by atoms with Gasteiger partial charge in [-0.1, -0.05) is 12.1 Å². The van der Waals surface area contributed by atoms with Crippen molar-refractivity contribution in [3.8, 4) is 5.75 Å². The summed E-state index contributed by atoms with van der Waals surface area (Å²) in [6.45, 7) is 1.87. The second kappa shape index (κ2) is 7.83.